The van der Waals surface area contributed by atoms with E-state index < -0.39 is 0 Å². The van der Waals surface area contributed by atoms with Gasteiger partial charge in [-0.05, 0) is 32.9 Å². The molecule has 0 aliphatic heterocycles. The van der Waals surface area contributed by atoms with Gasteiger partial charge in [-0.15, -0.1) is 5.10 Å². The molecule has 0 spiro atoms. The predicted octanol–water partition coefficient (Wildman–Crippen LogP) is 2.43. The first kappa shape index (κ1) is 14.0. The predicted molar refractivity (Wildman–Crippen MR) is 80.0 cm³/mol. The fourth-order valence-electron chi connectivity index (χ4n) is 2.07. The average molecular weight is 297 g/mol. The second kappa shape index (κ2) is 5.44. The van der Waals surface area contributed by atoms with Crippen LogP contribution in [0.25, 0.3) is 5.69 Å². The van der Waals surface area contributed by atoms with E-state index in [0.717, 1.165) is 11.3 Å². The zero-order valence-corrected chi connectivity index (χ0v) is 12.5. The lowest BCUT2D eigenvalue weighted by atomic mass is 10.2. The highest BCUT2D eigenvalue weighted by molar-refractivity contribution is 6.03. The molecular formula is C15H15N5O2. The van der Waals surface area contributed by atoms with Crippen LogP contribution in [0.15, 0.2) is 34.9 Å². The molecular weight excluding hydrogens is 282 g/mol. The summed E-state index contributed by atoms with van der Waals surface area (Å²) >= 11 is 0. The Balaban J connectivity index is 1.86. The maximum atomic E-state index is 12.2. The van der Waals surface area contributed by atoms with E-state index in [1.807, 2.05) is 31.2 Å². The zero-order valence-electron chi connectivity index (χ0n) is 12.5. The van der Waals surface area contributed by atoms with Gasteiger partial charge in [0.15, 0.2) is 11.5 Å². The lowest BCUT2D eigenvalue weighted by Crippen LogP contribution is -2.14. The highest BCUT2D eigenvalue weighted by Crippen LogP contribution is 2.15. The number of aromatic nitrogens is 4. The van der Waals surface area contributed by atoms with Gasteiger partial charge in [0.05, 0.1) is 11.4 Å². The minimum absolute atomic E-state index is 0.251. The quantitative estimate of drug-likeness (QED) is 0.802. The van der Waals surface area contributed by atoms with Crippen LogP contribution in [0.2, 0.25) is 0 Å². The van der Waals surface area contributed by atoms with Gasteiger partial charge in [0.1, 0.15) is 5.76 Å². The third-order valence-corrected chi connectivity index (χ3v) is 3.26. The standard InChI is InChI=1S/C15H15N5O2/c1-9-4-6-12(7-5-9)20-11(3)14(17-19-20)15(21)16-13-8-10(2)22-18-13/h4-8H,1-3H3,(H,16,18,21). The number of hydrogen-bond donors (Lipinski definition) is 1. The monoisotopic (exact) mass is 297 g/mol. The third-order valence-electron chi connectivity index (χ3n) is 3.26. The fraction of sp³-hybridized carbons (Fsp3) is 0.200. The van der Waals surface area contributed by atoms with Gasteiger partial charge in [0.25, 0.3) is 5.91 Å². The molecule has 7 nitrogen and oxygen atoms in total. The van der Waals surface area contributed by atoms with E-state index >= 15 is 0 Å². The largest absolute Gasteiger partial charge is 0.360 e. The van der Waals surface area contributed by atoms with Crippen LogP contribution in [0.1, 0.15) is 27.5 Å². The minimum atomic E-state index is -0.371. The summed E-state index contributed by atoms with van der Waals surface area (Å²) in [6.07, 6.45) is 0. The minimum Gasteiger partial charge on any atom is -0.360 e. The number of benzene rings is 1. The molecule has 0 atom stereocenters. The Morgan fingerprint density at radius 3 is 2.55 bits per heavy atom. The van der Waals surface area contributed by atoms with Crippen LogP contribution < -0.4 is 5.32 Å². The first-order valence-corrected chi connectivity index (χ1v) is 6.78. The molecule has 3 aromatic rings. The van der Waals surface area contributed by atoms with Crippen LogP contribution in [0, 0.1) is 20.8 Å². The average Bonchev–Trinajstić information content (AvgIpc) is 3.06. The maximum absolute atomic E-state index is 12.2. The van der Waals surface area contributed by atoms with Crippen LogP contribution in [0.4, 0.5) is 5.82 Å². The second-order valence-electron chi connectivity index (χ2n) is 5.05. The summed E-state index contributed by atoms with van der Waals surface area (Å²) in [4.78, 5) is 12.2. The Morgan fingerprint density at radius 2 is 1.91 bits per heavy atom. The molecule has 22 heavy (non-hydrogen) atoms. The number of anilines is 1. The summed E-state index contributed by atoms with van der Waals surface area (Å²) in [6.45, 7) is 5.56. The van der Waals surface area contributed by atoms with E-state index in [2.05, 4.69) is 20.8 Å². The van der Waals surface area contributed by atoms with E-state index in [0.29, 0.717) is 17.3 Å². The summed E-state index contributed by atoms with van der Waals surface area (Å²) in [6, 6.07) is 9.46. The van der Waals surface area contributed by atoms with Gasteiger partial charge in [-0.2, -0.15) is 0 Å². The van der Waals surface area contributed by atoms with Crippen molar-refractivity contribution in [1.82, 2.24) is 20.2 Å². The fourth-order valence-corrected chi connectivity index (χ4v) is 2.07. The molecule has 0 saturated carbocycles. The summed E-state index contributed by atoms with van der Waals surface area (Å²) in [5.41, 5.74) is 2.91. The number of rotatable bonds is 3. The van der Waals surface area contributed by atoms with Gasteiger partial charge in [-0.1, -0.05) is 28.1 Å². The molecule has 0 aliphatic rings. The van der Waals surface area contributed by atoms with Gasteiger partial charge < -0.3 is 9.84 Å². The smallest absolute Gasteiger partial charge is 0.279 e. The number of nitrogens with one attached hydrogen (secondary N) is 1. The number of aryl methyl sites for hydroxylation is 2. The van der Waals surface area contributed by atoms with Gasteiger partial charge >= 0.3 is 0 Å². The SMILES string of the molecule is Cc1ccc(-n2nnc(C(=O)Nc3cc(C)on3)c2C)cc1. The van der Waals surface area contributed by atoms with Crippen molar-refractivity contribution in [2.45, 2.75) is 20.8 Å². The molecule has 0 radical (unpaired) electrons. The Labute approximate surface area is 126 Å². The number of amides is 1. The van der Waals surface area contributed by atoms with Crippen molar-refractivity contribution in [2.75, 3.05) is 5.32 Å². The maximum Gasteiger partial charge on any atom is 0.279 e. The molecule has 0 aliphatic carbocycles. The van der Waals surface area contributed by atoms with Crippen LogP contribution >= 0.6 is 0 Å². The van der Waals surface area contributed by atoms with Crippen molar-refractivity contribution < 1.29 is 9.32 Å². The first-order valence-electron chi connectivity index (χ1n) is 6.78. The van der Waals surface area contributed by atoms with Gasteiger partial charge in [0.2, 0.25) is 0 Å². The van der Waals surface area contributed by atoms with Crippen molar-refractivity contribution in [2.24, 2.45) is 0 Å². The second-order valence-corrected chi connectivity index (χ2v) is 5.05. The number of carbonyl (C=O) groups is 1. The molecule has 1 amide bonds. The summed E-state index contributed by atoms with van der Waals surface area (Å²) in [5.74, 6) is 0.603. The lowest BCUT2D eigenvalue weighted by Gasteiger charge is -2.04. The van der Waals surface area contributed by atoms with Crippen molar-refractivity contribution >= 4 is 11.7 Å². The molecule has 1 N–H and O–H groups in total. The van der Waals surface area contributed by atoms with E-state index in [-0.39, 0.29) is 11.6 Å². The number of carbonyl (C=O) groups excluding carboxylic acids is 1. The van der Waals surface area contributed by atoms with E-state index in [1.165, 1.54) is 0 Å². The van der Waals surface area contributed by atoms with Gasteiger partial charge in [-0.3, -0.25) is 4.79 Å². The molecule has 0 saturated heterocycles. The number of nitrogens with zero attached hydrogens (tertiary/aromatic N) is 4. The van der Waals surface area contributed by atoms with Crippen LogP contribution in [0.3, 0.4) is 0 Å². The Morgan fingerprint density at radius 1 is 1.18 bits per heavy atom. The Kier molecular flexibility index (Phi) is 3.46. The third kappa shape index (κ3) is 2.60. The van der Waals surface area contributed by atoms with E-state index in [1.54, 1.807) is 24.6 Å². The molecule has 3 rings (SSSR count). The van der Waals surface area contributed by atoms with Crippen molar-refractivity contribution in [3.05, 3.63) is 53.0 Å². The molecule has 1 aromatic carbocycles. The molecule has 2 aromatic heterocycles. The van der Waals surface area contributed by atoms with Crippen molar-refractivity contribution in [3.63, 3.8) is 0 Å². The number of hydrogen-bond acceptors (Lipinski definition) is 5. The van der Waals surface area contributed by atoms with Gasteiger partial charge in [-0.25, -0.2) is 4.68 Å². The molecule has 7 heteroatoms. The summed E-state index contributed by atoms with van der Waals surface area (Å²) in [7, 11) is 0. The van der Waals surface area contributed by atoms with Crippen molar-refractivity contribution in [3.8, 4) is 5.69 Å². The molecule has 2 heterocycles. The highest BCUT2D eigenvalue weighted by atomic mass is 16.5. The van der Waals surface area contributed by atoms with Gasteiger partial charge in [0, 0.05) is 6.07 Å². The lowest BCUT2D eigenvalue weighted by molar-refractivity contribution is 0.102. The van der Waals surface area contributed by atoms with Crippen LogP contribution in [-0.2, 0) is 0 Å². The summed E-state index contributed by atoms with van der Waals surface area (Å²) in [5, 5.41) is 14.4. The van der Waals surface area contributed by atoms with Crippen molar-refractivity contribution in [1.29, 1.82) is 0 Å². The zero-order chi connectivity index (χ0) is 15.7. The highest BCUT2D eigenvalue weighted by Gasteiger charge is 2.18. The van der Waals surface area contributed by atoms with Crippen LogP contribution in [-0.4, -0.2) is 26.1 Å². The molecule has 0 bridgehead atoms. The molecule has 0 unspecified atom stereocenters. The normalized spacial score (nSPS) is 10.7. The van der Waals surface area contributed by atoms with E-state index in [9.17, 15) is 4.79 Å². The van der Waals surface area contributed by atoms with Crippen LogP contribution in [0.5, 0.6) is 0 Å². The molecule has 112 valence electrons. The molecule has 0 fully saturated rings. The topological polar surface area (TPSA) is 85.8 Å². The Bertz CT molecular complexity index is 817. The first-order chi connectivity index (χ1) is 10.5. The summed E-state index contributed by atoms with van der Waals surface area (Å²) < 4.78 is 6.54. The van der Waals surface area contributed by atoms with E-state index in [4.69, 9.17) is 4.52 Å². The Hall–Kier alpha value is -2.96.